The van der Waals surface area contributed by atoms with Gasteiger partial charge in [0, 0.05) is 33.2 Å². The van der Waals surface area contributed by atoms with Crippen LogP contribution in [-0.4, -0.2) is 0 Å². The molecule has 0 amide bonds. The fourth-order valence-electron chi connectivity index (χ4n) is 10.6. The molecule has 0 saturated heterocycles. The van der Waals surface area contributed by atoms with E-state index in [1.807, 2.05) is 12.1 Å². The Morgan fingerprint density at radius 3 is 1.55 bits per heavy atom. The molecule has 1 heterocycles. The Morgan fingerprint density at radius 2 is 0.850 bits per heavy atom. The van der Waals surface area contributed by atoms with Crippen molar-refractivity contribution in [2.75, 3.05) is 4.90 Å². The Hall–Kier alpha value is -7.42. The molecule has 0 radical (unpaired) electrons. The van der Waals surface area contributed by atoms with Gasteiger partial charge in [0.2, 0.25) is 0 Å². The largest absolute Gasteiger partial charge is 0.456 e. The third kappa shape index (κ3) is 4.94. The number of anilines is 3. The van der Waals surface area contributed by atoms with Crippen LogP contribution in [0.25, 0.3) is 55.3 Å². The summed E-state index contributed by atoms with van der Waals surface area (Å²) in [5, 5.41) is 2.27. The van der Waals surface area contributed by atoms with E-state index in [4.69, 9.17) is 4.42 Å². The van der Waals surface area contributed by atoms with Gasteiger partial charge in [-0.3, -0.25) is 0 Å². The zero-order valence-corrected chi connectivity index (χ0v) is 33.6. The van der Waals surface area contributed by atoms with Gasteiger partial charge in [0.25, 0.3) is 0 Å². The van der Waals surface area contributed by atoms with Crippen molar-refractivity contribution in [1.29, 1.82) is 0 Å². The third-order valence-electron chi connectivity index (χ3n) is 13.4. The molecule has 0 unspecified atom stereocenters. The van der Waals surface area contributed by atoms with Gasteiger partial charge in [-0.2, -0.15) is 0 Å². The molecule has 2 heteroatoms. The van der Waals surface area contributed by atoms with Gasteiger partial charge in [0.05, 0.1) is 5.41 Å². The van der Waals surface area contributed by atoms with Crippen molar-refractivity contribution < 1.29 is 4.42 Å². The van der Waals surface area contributed by atoms with Crippen LogP contribution in [0.5, 0.6) is 0 Å². The number of fused-ring (bicyclic) bond motifs is 9. The second-order valence-electron chi connectivity index (χ2n) is 16.8. The monoisotopic (exact) mass is 767 g/mol. The van der Waals surface area contributed by atoms with Crippen LogP contribution < -0.4 is 4.90 Å². The normalized spacial score (nSPS) is 14.1. The predicted octanol–water partition coefficient (Wildman–Crippen LogP) is 15.4. The van der Waals surface area contributed by atoms with Gasteiger partial charge in [0.1, 0.15) is 11.2 Å². The fourth-order valence-corrected chi connectivity index (χ4v) is 10.6. The lowest BCUT2D eigenvalue weighted by atomic mass is 9.67. The highest BCUT2D eigenvalue weighted by Gasteiger charge is 2.46. The minimum absolute atomic E-state index is 0.136. The number of rotatable bonds is 6. The molecule has 2 aliphatic rings. The molecule has 0 atom stereocenters. The summed E-state index contributed by atoms with van der Waals surface area (Å²) in [4.78, 5) is 2.46. The Labute approximate surface area is 350 Å². The van der Waals surface area contributed by atoms with E-state index in [1.54, 1.807) is 0 Å². The smallest absolute Gasteiger partial charge is 0.135 e. The van der Waals surface area contributed by atoms with Gasteiger partial charge in [0.15, 0.2) is 0 Å². The van der Waals surface area contributed by atoms with Crippen LogP contribution in [0.4, 0.5) is 17.1 Å². The van der Waals surface area contributed by atoms with Crippen molar-refractivity contribution in [3.63, 3.8) is 0 Å². The summed E-state index contributed by atoms with van der Waals surface area (Å²) < 4.78 is 6.18. The van der Waals surface area contributed by atoms with Crippen LogP contribution in [0.15, 0.2) is 217 Å². The zero-order valence-electron chi connectivity index (χ0n) is 33.6. The maximum absolute atomic E-state index is 6.18. The van der Waals surface area contributed by atoms with Crippen molar-refractivity contribution in [1.82, 2.24) is 0 Å². The topological polar surface area (TPSA) is 16.4 Å². The van der Waals surface area contributed by atoms with Crippen LogP contribution in [-0.2, 0) is 10.8 Å². The molecule has 12 rings (SSSR count). The Balaban J connectivity index is 1.06. The van der Waals surface area contributed by atoms with Crippen molar-refractivity contribution in [2.45, 2.75) is 24.7 Å². The average Bonchev–Trinajstić information content (AvgIpc) is 3.90. The van der Waals surface area contributed by atoms with Gasteiger partial charge < -0.3 is 9.32 Å². The fraction of sp³-hybridized carbons (Fsp3) is 0.0690. The zero-order chi connectivity index (χ0) is 40.0. The Bertz CT molecular complexity index is 3240. The first kappa shape index (κ1) is 34.6. The quantitative estimate of drug-likeness (QED) is 0.168. The minimum Gasteiger partial charge on any atom is -0.456 e. The van der Waals surface area contributed by atoms with E-state index in [-0.39, 0.29) is 5.41 Å². The van der Waals surface area contributed by atoms with Crippen LogP contribution in [0.3, 0.4) is 0 Å². The van der Waals surface area contributed by atoms with E-state index in [9.17, 15) is 0 Å². The summed E-state index contributed by atoms with van der Waals surface area (Å²) in [6.45, 7) is 4.72. The molecule has 1 aromatic heterocycles. The second kappa shape index (κ2) is 13.0. The molecule has 0 bridgehead atoms. The van der Waals surface area contributed by atoms with Crippen LogP contribution >= 0.6 is 0 Å². The van der Waals surface area contributed by atoms with E-state index in [0.717, 1.165) is 50.1 Å². The van der Waals surface area contributed by atoms with E-state index >= 15 is 0 Å². The highest BCUT2D eigenvalue weighted by atomic mass is 16.3. The first-order valence-electron chi connectivity index (χ1n) is 20.9. The molecule has 2 aliphatic carbocycles. The molecule has 0 N–H and O–H groups in total. The van der Waals surface area contributed by atoms with Gasteiger partial charge in [-0.1, -0.05) is 172 Å². The first-order valence-corrected chi connectivity index (χ1v) is 20.9. The summed E-state index contributed by atoms with van der Waals surface area (Å²) in [6, 6.07) is 78.2. The van der Waals surface area contributed by atoms with E-state index in [1.165, 1.54) is 55.6 Å². The molecule has 9 aromatic carbocycles. The third-order valence-corrected chi connectivity index (χ3v) is 13.4. The number of furan rings is 1. The van der Waals surface area contributed by atoms with Gasteiger partial charge >= 0.3 is 0 Å². The predicted molar refractivity (Wildman–Crippen MR) is 249 cm³/mol. The molecular weight excluding hydrogens is 727 g/mol. The molecule has 0 fully saturated rings. The minimum atomic E-state index is -0.503. The highest BCUT2D eigenvalue weighted by molar-refractivity contribution is 6.06. The molecule has 0 spiro atoms. The number of benzene rings is 9. The Kier molecular flexibility index (Phi) is 7.52. The second-order valence-corrected chi connectivity index (χ2v) is 16.8. The molecule has 284 valence electrons. The summed E-state index contributed by atoms with van der Waals surface area (Å²) in [7, 11) is 0. The van der Waals surface area contributed by atoms with Gasteiger partial charge in [-0.25, -0.2) is 0 Å². The van der Waals surface area contributed by atoms with Crippen LogP contribution in [0, 0.1) is 0 Å². The number of hydrogen-bond donors (Lipinski definition) is 0. The number of nitrogens with zero attached hydrogens (tertiary/aromatic N) is 1. The molecule has 0 saturated carbocycles. The van der Waals surface area contributed by atoms with Crippen molar-refractivity contribution >= 4 is 39.0 Å². The Morgan fingerprint density at radius 1 is 0.350 bits per heavy atom. The van der Waals surface area contributed by atoms with E-state index in [0.29, 0.717) is 0 Å². The molecule has 2 nitrogen and oxygen atoms in total. The summed E-state index contributed by atoms with van der Waals surface area (Å²) in [5.41, 5.74) is 19.9. The molecule has 60 heavy (non-hydrogen) atoms. The van der Waals surface area contributed by atoms with Crippen LogP contribution in [0.2, 0.25) is 0 Å². The average molecular weight is 768 g/mol. The maximum atomic E-state index is 6.18. The van der Waals surface area contributed by atoms with Crippen molar-refractivity contribution in [3.8, 4) is 33.4 Å². The van der Waals surface area contributed by atoms with Gasteiger partial charge in [-0.15, -0.1) is 0 Å². The number of para-hydroxylation sites is 1. The maximum Gasteiger partial charge on any atom is 0.135 e. The van der Waals surface area contributed by atoms with Gasteiger partial charge in [-0.05, 0) is 121 Å². The summed E-state index contributed by atoms with van der Waals surface area (Å²) in [5.74, 6) is 0. The molecular formula is C58H41NO. The van der Waals surface area contributed by atoms with E-state index < -0.39 is 5.41 Å². The highest BCUT2D eigenvalue weighted by Crippen LogP contribution is 2.58. The summed E-state index contributed by atoms with van der Waals surface area (Å²) in [6.07, 6.45) is 0. The summed E-state index contributed by atoms with van der Waals surface area (Å²) >= 11 is 0. The molecule has 10 aromatic rings. The lowest BCUT2D eigenvalue weighted by Crippen LogP contribution is -2.28. The molecule has 0 aliphatic heterocycles. The lowest BCUT2D eigenvalue weighted by molar-refractivity contribution is 0.660. The lowest BCUT2D eigenvalue weighted by Gasteiger charge is -2.35. The number of hydrogen-bond acceptors (Lipinski definition) is 2. The van der Waals surface area contributed by atoms with Crippen molar-refractivity contribution in [3.05, 3.63) is 246 Å². The first-order chi connectivity index (χ1) is 29.5. The van der Waals surface area contributed by atoms with Crippen LogP contribution in [0.1, 0.15) is 47.2 Å². The standard InChI is InChI=1S/C58H41NO/c1-57(2)51-22-12-9-19-45(51)47-32-30-43(36-53(47)57)59(42-28-25-38(26-29-42)39-27-34-56-50(35-39)49-21-11-14-24-55(49)60-56)44-31-33-48-46-20-10-13-23-52(46)58(54(48)37-44,40-15-5-3-6-16-40)41-17-7-4-8-18-41/h3-37H,1-2H3. The van der Waals surface area contributed by atoms with E-state index in [2.05, 4.69) is 219 Å². The SMILES string of the molecule is CC1(C)c2ccccc2-c2ccc(N(c3ccc(-c4ccc5oc6ccccc6c5c4)cc3)c3ccc4c(c3)C(c3ccccc3)(c3ccccc3)c3ccccc3-4)cc21. The van der Waals surface area contributed by atoms with Crippen molar-refractivity contribution in [2.24, 2.45) is 0 Å².